The third kappa shape index (κ3) is 4.39. The molecule has 0 aromatic heterocycles. The quantitative estimate of drug-likeness (QED) is 0.565. The molecule has 1 heterocycles. The second kappa shape index (κ2) is 7.98. The number of allylic oxidation sites excluding steroid dienone is 1. The van der Waals surface area contributed by atoms with Crippen LogP contribution >= 0.6 is 0 Å². The summed E-state index contributed by atoms with van der Waals surface area (Å²) in [7, 11) is 0. The molecule has 1 aliphatic heterocycles. The van der Waals surface area contributed by atoms with Crippen LogP contribution in [0.3, 0.4) is 0 Å². The number of fused-ring (bicyclic) bond motifs is 1. The van der Waals surface area contributed by atoms with Gasteiger partial charge in [0, 0.05) is 29.4 Å². The van der Waals surface area contributed by atoms with Gasteiger partial charge in [-0.2, -0.15) is 0 Å². The van der Waals surface area contributed by atoms with Crippen LogP contribution in [0, 0.1) is 17.8 Å². The average molecular weight is 348 g/mol. The molecule has 5 atom stereocenters. The van der Waals surface area contributed by atoms with Gasteiger partial charge in [0.1, 0.15) is 18.0 Å². The van der Waals surface area contributed by atoms with Crippen molar-refractivity contribution >= 4 is 17.7 Å². The smallest absolute Gasteiger partial charge is 0.334 e. The Kier molecular flexibility index (Phi) is 6.20. The first-order chi connectivity index (χ1) is 11.7. The number of carbonyl (C=O) groups excluding carboxylic acids is 3. The molecule has 2 rings (SSSR count). The zero-order valence-corrected chi connectivity index (χ0v) is 15.5. The van der Waals surface area contributed by atoms with Gasteiger partial charge in [0.2, 0.25) is 0 Å². The summed E-state index contributed by atoms with van der Waals surface area (Å²) >= 11 is 0. The normalized spacial score (nSPS) is 34.3. The summed E-state index contributed by atoms with van der Waals surface area (Å²) in [6, 6.07) is 0. The van der Waals surface area contributed by atoms with E-state index in [4.69, 9.17) is 9.47 Å². The zero-order valence-electron chi connectivity index (χ0n) is 15.5. The first kappa shape index (κ1) is 19.4. The Hall–Kier alpha value is -1.91. The van der Waals surface area contributed by atoms with Gasteiger partial charge in [-0.25, -0.2) is 9.59 Å². The average Bonchev–Trinajstić information content (AvgIpc) is 2.84. The topological polar surface area (TPSA) is 69.7 Å². The van der Waals surface area contributed by atoms with E-state index in [0.717, 1.165) is 0 Å². The summed E-state index contributed by atoms with van der Waals surface area (Å²) in [5.74, 6) is -0.947. The van der Waals surface area contributed by atoms with E-state index >= 15 is 0 Å². The Morgan fingerprint density at radius 3 is 2.60 bits per heavy atom. The largest absolute Gasteiger partial charge is 0.459 e. The van der Waals surface area contributed by atoms with Gasteiger partial charge >= 0.3 is 11.9 Å². The molecule has 25 heavy (non-hydrogen) atoms. The Morgan fingerprint density at radius 2 is 1.96 bits per heavy atom. The molecule has 1 saturated heterocycles. The lowest BCUT2D eigenvalue weighted by molar-refractivity contribution is -0.149. The minimum atomic E-state index is -0.406. The Balaban J connectivity index is 2.26. The van der Waals surface area contributed by atoms with Crippen molar-refractivity contribution in [1.29, 1.82) is 0 Å². The summed E-state index contributed by atoms with van der Waals surface area (Å²) in [5.41, 5.74) is 0.962. The van der Waals surface area contributed by atoms with Crippen molar-refractivity contribution < 1.29 is 23.9 Å². The standard InChI is InChI=1S/C20H28O5/c1-6-11(2)19(22)24-17-10-15-14(5)20(23)25-18(15)9-13(4)16(21)8-7-12(17)3/h6,12-13,15,17-18H,5,7-10H2,1-4H3. The van der Waals surface area contributed by atoms with Crippen LogP contribution in [0.5, 0.6) is 0 Å². The summed E-state index contributed by atoms with van der Waals surface area (Å²) in [6.07, 6.45) is 3.08. The van der Waals surface area contributed by atoms with Gasteiger partial charge in [-0.05, 0) is 39.0 Å². The lowest BCUT2D eigenvalue weighted by Gasteiger charge is -2.30. The van der Waals surface area contributed by atoms with Crippen molar-refractivity contribution in [3.05, 3.63) is 23.8 Å². The molecule has 5 heteroatoms. The van der Waals surface area contributed by atoms with Gasteiger partial charge in [0.25, 0.3) is 0 Å². The predicted octanol–water partition coefficient (Wildman–Crippen LogP) is 3.38. The minimum Gasteiger partial charge on any atom is -0.459 e. The number of esters is 2. The highest BCUT2D eigenvalue weighted by Gasteiger charge is 2.43. The molecule has 1 saturated carbocycles. The van der Waals surface area contributed by atoms with Crippen molar-refractivity contribution in [2.75, 3.05) is 0 Å². The molecule has 0 aromatic carbocycles. The van der Waals surface area contributed by atoms with E-state index in [1.165, 1.54) is 0 Å². The van der Waals surface area contributed by atoms with Gasteiger partial charge in [-0.15, -0.1) is 0 Å². The molecule has 0 N–H and O–H groups in total. The van der Waals surface area contributed by atoms with Gasteiger partial charge in [-0.1, -0.05) is 26.5 Å². The molecule has 138 valence electrons. The number of Topliss-reactive ketones (excluding diaryl/α,β-unsaturated/α-hetero) is 1. The zero-order chi connectivity index (χ0) is 18.7. The Morgan fingerprint density at radius 1 is 1.28 bits per heavy atom. The van der Waals surface area contributed by atoms with Crippen molar-refractivity contribution in [1.82, 2.24) is 0 Å². The van der Waals surface area contributed by atoms with Crippen LogP contribution in [0.1, 0.15) is 53.4 Å². The maximum absolute atomic E-state index is 12.3. The number of ketones is 1. The summed E-state index contributed by atoms with van der Waals surface area (Å²) in [6.45, 7) is 11.2. The van der Waals surface area contributed by atoms with Crippen LogP contribution in [0.4, 0.5) is 0 Å². The van der Waals surface area contributed by atoms with E-state index in [0.29, 0.717) is 36.8 Å². The molecule has 5 unspecified atom stereocenters. The maximum atomic E-state index is 12.3. The lowest BCUT2D eigenvalue weighted by Crippen LogP contribution is -2.34. The number of ether oxygens (including phenoxy) is 2. The summed E-state index contributed by atoms with van der Waals surface area (Å²) < 4.78 is 11.2. The molecule has 5 nitrogen and oxygen atoms in total. The van der Waals surface area contributed by atoms with E-state index in [1.54, 1.807) is 19.9 Å². The minimum absolute atomic E-state index is 0.0204. The van der Waals surface area contributed by atoms with Crippen molar-refractivity contribution in [2.45, 2.75) is 65.6 Å². The lowest BCUT2D eigenvalue weighted by atomic mass is 9.79. The maximum Gasteiger partial charge on any atom is 0.334 e. The monoisotopic (exact) mass is 348 g/mol. The van der Waals surface area contributed by atoms with Gasteiger partial charge in [0.15, 0.2) is 0 Å². The SMILES string of the molecule is C=C1C(=O)OC2CC(C)C(=O)CCC(C)C(OC(=O)C(C)=CC)CC12. The molecule has 0 bridgehead atoms. The van der Waals surface area contributed by atoms with E-state index in [2.05, 4.69) is 6.58 Å². The molecule has 1 aliphatic carbocycles. The number of carbonyl (C=O) groups is 3. The number of hydrogen-bond acceptors (Lipinski definition) is 5. The van der Waals surface area contributed by atoms with Crippen LogP contribution in [0.15, 0.2) is 23.8 Å². The van der Waals surface area contributed by atoms with Gasteiger partial charge in [-0.3, -0.25) is 4.79 Å². The fourth-order valence-electron chi connectivity index (χ4n) is 3.45. The fraction of sp³-hybridized carbons (Fsp3) is 0.650. The van der Waals surface area contributed by atoms with E-state index in [1.807, 2.05) is 13.8 Å². The fourth-order valence-corrected chi connectivity index (χ4v) is 3.45. The van der Waals surface area contributed by atoms with Gasteiger partial charge < -0.3 is 9.47 Å². The van der Waals surface area contributed by atoms with Crippen LogP contribution < -0.4 is 0 Å². The highest BCUT2D eigenvalue weighted by Crippen LogP contribution is 2.38. The predicted molar refractivity (Wildman–Crippen MR) is 93.6 cm³/mol. The van der Waals surface area contributed by atoms with Crippen molar-refractivity contribution in [3.63, 3.8) is 0 Å². The first-order valence-electron chi connectivity index (χ1n) is 9.01. The molecule has 0 spiro atoms. The molecule has 0 radical (unpaired) electrons. The number of rotatable bonds is 2. The molecular formula is C20H28O5. The third-order valence-corrected chi connectivity index (χ3v) is 5.53. The Labute approximate surface area is 149 Å². The van der Waals surface area contributed by atoms with E-state index in [9.17, 15) is 14.4 Å². The number of hydrogen-bond donors (Lipinski definition) is 0. The molecule has 2 fully saturated rings. The van der Waals surface area contributed by atoms with Crippen LogP contribution in [0.2, 0.25) is 0 Å². The third-order valence-electron chi connectivity index (χ3n) is 5.53. The van der Waals surface area contributed by atoms with Crippen LogP contribution in [-0.2, 0) is 23.9 Å². The van der Waals surface area contributed by atoms with Crippen molar-refractivity contribution in [2.24, 2.45) is 17.8 Å². The Bertz CT molecular complexity index is 603. The highest BCUT2D eigenvalue weighted by molar-refractivity contribution is 5.91. The van der Waals surface area contributed by atoms with E-state index < -0.39 is 5.97 Å². The molecule has 2 aliphatic rings. The second-order valence-electron chi connectivity index (χ2n) is 7.35. The molecule has 0 aromatic rings. The first-order valence-corrected chi connectivity index (χ1v) is 9.01. The van der Waals surface area contributed by atoms with Gasteiger partial charge in [0.05, 0.1) is 0 Å². The van der Waals surface area contributed by atoms with E-state index in [-0.39, 0.29) is 41.7 Å². The molecule has 0 amide bonds. The summed E-state index contributed by atoms with van der Waals surface area (Å²) in [4.78, 5) is 36.5. The molecular weight excluding hydrogens is 320 g/mol. The van der Waals surface area contributed by atoms with Crippen LogP contribution in [-0.4, -0.2) is 29.9 Å². The summed E-state index contributed by atoms with van der Waals surface area (Å²) in [5, 5.41) is 0. The highest BCUT2D eigenvalue weighted by atomic mass is 16.6. The van der Waals surface area contributed by atoms with Crippen LogP contribution in [0.25, 0.3) is 0 Å². The second-order valence-corrected chi connectivity index (χ2v) is 7.35. The van der Waals surface area contributed by atoms with Crippen molar-refractivity contribution in [3.8, 4) is 0 Å².